The Morgan fingerprint density at radius 3 is 2.28 bits per heavy atom. The van der Waals surface area contributed by atoms with Crippen LogP contribution >= 0.6 is 0 Å². The van der Waals surface area contributed by atoms with Crippen molar-refractivity contribution in [2.24, 2.45) is 0 Å². The molecule has 0 unspecified atom stereocenters. The molecule has 32 heavy (non-hydrogen) atoms. The molecule has 0 bridgehead atoms. The second kappa shape index (κ2) is 9.14. The van der Waals surface area contributed by atoms with Crippen molar-refractivity contribution in [2.45, 2.75) is 85.5 Å². The van der Waals surface area contributed by atoms with E-state index in [1.165, 1.54) is 46.3 Å². The van der Waals surface area contributed by atoms with Crippen LogP contribution in [0.5, 0.6) is 0 Å². The van der Waals surface area contributed by atoms with Crippen molar-refractivity contribution in [2.75, 3.05) is 5.32 Å². The zero-order valence-electron chi connectivity index (χ0n) is 21.4. The minimum absolute atomic E-state index is 0.0521. The van der Waals surface area contributed by atoms with Gasteiger partial charge in [0, 0.05) is 17.0 Å². The third-order valence-corrected chi connectivity index (χ3v) is 6.87. The number of anilines is 1. The van der Waals surface area contributed by atoms with Gasteiger partial charge in [-0.3, -0.25) is 0 Å². The third-order valence-electron chi connectivity index (χ3n) is 6.87. The summed E-state index contributed by atoms with van der Waals surface area (Å²) in [4.78, 5) is 0. The lowest BCUT2D eigenvalue weighted by Gasteiger charge is -2.28. The summed E-state index contributed by atoms with van der Waals surface area (Å²) in [6.45, 7) is 22.6. The molecule has 1 nitrogen and oxygen atoms in total. The molecule has 0 atom stereocenters. The fourth-order valence-electron chi connectivity index (χ4n) is 4.67. The van der Waals surface area contributed by atoms with Crippen LogP contribution in [0.1, 0.15) is 88.6 Å². The fraction of sp³-hybridized carbons (Fsp3) is 0.419. The van der Waals surface area contributed by atoms with Gasteiger partial charge in [0.05, 0.1) is 0 Å². The number of nitrogens with one attached hydrogen (secondary N) is 1. The molecule has 2 aromatic carbocycles. The van der Waals surface area contributed by atoms with E-state index in [-0.39, 0.29) is 5.41 Å². The second-order valence-electron chi connectivity index (χ2n) is 10.7. The van der Waals surface area contributed by atoms with Gasteiger partial charge in [0.1, 0.15) is 0 Å². The van der Waals surface area contributed by atoms with E-state index >= 15 is 0 Å². The normalized spacial score (nSPS) is 16.1. The molecule has 0 amide bonds. The van der Waals surface area contributed by atoms with Crippen LogP contribution in [0.4, 0.5) is 5.69 Å². The maximum Gasteiger partial charge on any atom is 0.0425 e. The summed E-state index contributed by atoms with van der Waals surface area (Å²) < 4.78 is 0. The van der Waals surface area contributed by atoms with Gasteiger partial charge < -0.3 is 5.32 Å². The van der Waals surface area contributed by atoms with Crippen LogP contribution in [0.25, 0.3) is 5.57 Å². The van der Waals surface area contributed by atoms with Crippen molar-refractivity contribution < 1.29 is 0 Å². The quantitative estimate of drug-likeness (QED) is 0.435. The van der Waals surface area contributed by atoms with Crippen LogP contribution < -0.4 is 5.32 Å². The molecule has 2 aromatic rings. The van der Waals surface area contributed by atoms with Gasteiger partial charge in [-0.2, -0.15) is 0 Å². The number of benzene rings is 2. The van der Waals surface area contributed by atoms with Gasteiger partial charge in [-0.05, 0) is 90.3 Å². The lowest BCUT2D eigenvalue weighted by Crippen LogP contribution is -2.18. The predicted molar refractivity (Wildman–Crippen MR) is 142 cm³/mol. The second-order valence-corrected chi connectivity index (χ2v) is 10.7. The van der Waals surface area contributed by atoms with Crippen LogP contribution in [0.2, 0.25) is 0 Å². The molecule has 0 radical (unpaired) electrons. The number of aryl methyl sites for hydroxylation is 2. The number of hydrogen-bond donors (Lipinski definition) is 1. The van der Waals surface area contributed by atoms with Crippen LogP contribution in [-0.4, -0.2) is 0 Å². The molecular weight excluding hydrogens is 386 g/mol. The molecule has 0 aromatic heterocycles. The van der Waals surface area contributed by atoms with Gasteiger partial charge in [-0.15, -0.1) is 0 Å². The van der Waals surface area contributed by atoms with Gasteiger partial charge >= 0.3 is 0 Å². The number of allylic oxidation sites excluding steroid dienone is 3. The van der Waals surface area contributed by atoms with E-state index in [1.54, 1.807) is 0 Å². The first-order valence-corrected chi connectivity index (χ1v) is 12.1. The highest BCUT2D eigenvalue weighted by molar-refractivity contribution is 5.85. The molecule has 3 rings (SSSR count). The predicted octanol–water partition coefficient (Wildman–Crippen LogP) is 9.02. The summed E-state index contributed by atoms with van der Waals surface area (Å²) in [6.07, 6.45) is 8.03. The van der Waals surface area contributed by atoms with Crippen LogP contribution in [0.3, 0.4) is 0 Å². The molecule has 1 aliphatic carbocycles. The molecule has 1 saturated carbocycles. The monoisotopic (exact) mass is 427 g/mol. The Labute approximate surface area is 196 Å². The molecule has 170 valence electrons. The summed E-state index contributed by atoms with van der Waals surface area (Å²) in [6, 6.07) is 13.3. The minimum atomic E-state index is 0.0521. The van der Waals surface area contributed by atoms with Crippen molar-refractivity contribution in [3.8, 4) is 0 Å². The number of rotatable bonds is 7. The average Bonchev–Trinajstić information content (AvgIpc) is 3.46. The highest BCUT2D eigenvalue weighted by Gasteiger charge is 2.41. The van der Waals surface area contributed by atoms with E-state index in [9.17, 15) is 0 Å². The first-order chi connectivity index (χ1) is 15.0. The van der Waals surface area contributed by atoms with Crippen molar-refractivity contribution in [3.05, 3.63) is 94.2 Å². The lowest BCUT2D eigenvalue weighted by molar-refractivity contribution is 0.589. The maximum atomic E-state index is 4.50. The summed E-state index contributed by atoms with van der Waals surface area (Å²) >= 11 is 0. The van der Waals surface area contributed by atoms with E-state index in [2.05, 4.69) is 116 Å². The Bertz CT molecular complexity index is 1070. The molecule has 1 fully saturated rings. The van der Waals surface area contributed by atoms with Crippen molar-refractivity contribution in [1.82, 2.24) is 0 Å². The Hall–Kier alpha value is -2.54. The molecule has 0 heterocycles. The van der Waals surface area contributed by atoms with E-state index in [0.29, 0.717) is 5.41 Å². The topological polar surface area (TPSA) is 12.0 Å². The Kier molecular flexibility index (Phi) is 6.89. The van der Waals surface area contributed by atoms with Crippen molar-refractivity contribution >= 4 is 11.3 Å². The maximum absolute atomic E-state index is 4.50. The van der Waals surface area contributed by atoms with Gasteiger partial charge in [0.15, 0.2) is 0 Å². The molecular formula is C31H41N. The highest BCUT2D eigenvalue weighted by Crippen LogP contribution is 2.50. The first kappa shape index (κ1) is 24.1. The molecule has 1 aliphatic rings. The number of hydrogen-bond acceptors (Lipinski definition) is 1. The van der Waals surface area contributed by atoms with E-state index in [4.69, 9.17) is 0 Å². The van der Waals surface area contributed by atoms with Crippen molar-refractivity contribution in [1.29, 1.82) is 0 Å². The Balaban J connectivity index is 2.06. The lowest BCUT2D eigenvalue weighted by atomic mass is 9.81. The molecule has 1 N–H and O–H groups in total. The van der Waals surface area contributed by atoms with E-state index < -0.39 is 0 Å². The van der Waals surface area contributed by atoms with E-state index in [1.807, 2.05) is 0 Å². The zero-order chi connectivity index (χ0) is 23.7. The van der Waals surface area contributed by atoms with Gasteiger partial charge in [-0.25, -0.2) is 0 Å². The first-order valence-electron chi connectivity index (χ1n) is 12.1. The zero-order valence-corrected chi connectivity index (χ0v) is 21.4. The SMILES string of the molecule is C=C(C(=C\C)/C(=C\CC)Nc1cc(C)c(C2(C)CC2)cc1C(C)(C)C)c1ccccc1C. The Morgan fingerprint density at radius 1 is 1.09 bits per heavy atom. The van der Waals surface area contributed by atoms with Crippen molar-refractivity contribution in [3.63, 3.8) is 0 Å². The summed E-state index contributed by atoms with van der Waals surface area (Å²) in [5.41, 5.74) is 11.7. The average molecular weight is 428 g/mol. The summed E-state index contributed by atoms with van der Waals surface area (Å²) in [5, 5.41) is 3.85. The summed E-state index contributed by atoms with van der Waals surface area (Å²) in [7, 11) is 0. The summed E-state index contributed by atoms with van der Waals surface area (Å²) in [5.74, 6) is 0. The van der Waals surface area contributed by atoms with E-state index in [0.717, 1.165) is 23.3 Å². The molecule has 1 heteroatoms. The Morgan fingerprint density at radius 2 is 1.75 bits per heavy atom. The third kappa shape index (κ3) is 4.93. The standard InChI is InChI=1S/C31H41N/c1-10-14-28(24(11-2)23(5)25-16-13-12-15-21(25)3)32-29-19-22(4)26(31(9)17-18-31)20-27(29)30(6,7)8/h11-16,19-20,32H,5,10,17-18H2,1-4,6-9H3/b24-11+,28-14+. The van der Waals surface area contributed by atoms with Crippen LogP contribution in [0.15, 0.2) is 66.4 Å². The van der Waals surface area contributed by atoms with Crippen LogP contribution in [-0.2, 0) is 10.8 Å². The van der Waals surface area contributed by atoms with Gasteiger partial charge in [0.2, 0.25) is 0 Å². The minimum Gasteiger partial charge on any atom is -0.355 e. The molecule has 0 saturated heterocycles. The fourth-order valence-corrected chi connectivity index (χ4v) is 4.67. The van der Waals surface area contributed by atoms with Gasteiger partial charge in [-0.1, -0.05) is 83.7 Å². The van der Waals surface area contributed by atoms with Gasteiger partial charge in [0.25, 0.3) is 0 Å². The van der Waals surface area contributed by atoms with Crippen LogP contribution in [0, 0.1) is 13.8 Å². The highest BCUT2D eigenvalue weighted by atomic mass is 14.9. The smallest absolute Gasteiger partial charge is 0.0425 e. The molecule has 0 aliphatic heterocycles. The largest absolute Gasteiger partial charge is 0.355 e. The molecule has 0 spiro atoms.